The van der Waals surface area contributed by atoms with Gasteiger partial charge in [-0.1, -0.05) is 133 Å². The molecule has 0 N–H and O–H groups in total. The SMILES string of the molecule is C.C.C.C.C.C.CCC(C)(C)C.CCC(C)C.CCCC. The summed E-state index contributed by atoms with van der Waals surface area (Å²) in [5.74, 6) is 0.884. The summed E-state index contributed by atoms with van der Waals surface area (Å²) in [6.45, 7) is 19.9. The Morgan fingerprint density at radius 2 is 0.762 bits per heavy atom. The van der Waals surface area contributed by atoms with Crippen LogP contribution in [0, 0.1) is 11.3 Å². The molecule has 0 rings (SSSR count). The van der Waals surface area contributed by atoms with Crippen LogP contribution in [0.1, 0.15) is 133 Å². The van der Waals surface area contributed by atoms with Gasteiger partial charge in [0.25, 0.3) is 0 Å². The molecule has 0 heteroatoms. The van der Waals surface area contributed by atoms with Crippen LogP contribution in [0.2, 0.25) is 0 Å². The van der Waals surface area contributed by atoms with E-state index in [0.29, 0.717) is 5.41 Å². The average Bonchev–Trinajstić information content (AvgIpc) is 2.18. The maximum atomic E-state index is 2.24. The molecular weight excluding hydrogens is 252 g/mol. The minimum atomic E-state index is 0. The summed E-state index contributed by atoms with van der Waals surface area (Å²) in [5, 5.41) is 0. The van der Waals surface area contributed by atoms with Crippen LogP contribution in [-0.4, -0.2) is 0 Å². The van der Waals surface area contributed by atoms with E-state index in [1.165, 1.54) is 25.7 Å². The van der Waals surface area contributed by atoms with Gasteiger partial charge in [-0.25, -0.2) is 0 Å². The molecule has 0 fully saturated rings. The summed E-state index contributed by atoms with van der Waals surface area (Å²) in [5.41, 5.74) is 0.542. The summed E-state index contributed by atoms with van der Waals surface area (Å²) in [7, 11) is 0. The number of hydrogen-bond donors (Lipinski definition) is 0. The van der Waals surface area contributed by atoms with Gasteiger partial charge in [0.1, 0.15) is 0 Å². The molecule has 0 aliphatic heterocycles. The third-order valence-corrected chi connectivity index (χ3v) is 2.38. The minimum absolute atomic E-state index is 0. The summed E-state index contributed by atoms with van der Waals surface area (Å²) >= 11 is 0. The zero-order chi connectivity index (χ0) is 12.9. The zero-order valence-corrected chi connectivity index (χ0v) is 12.9. The first-order chi connectivity index (χ1) is 6.74. The van der Waals surface area contributed by atoms with Crippen molar-refractivity contribution in [3.8, 4) is 0 Å². The number of unbranched alkanes of at least 4 members (excludes halogenated alkanes) is 1. The summed E-state index contributed by atoms with van der Waals surface area (Å²) in [6, 6.07) is 0. The van der Waals surface area contributed by atoms with Crippen molar-refractivity contribution in [1.29, 1.82) is 0 Å². The standard InChI is InChI=1S/C6H14.C5H12.C4H10.6CH4/c1-5-6(2,3)4;1-4-5(2)3;1-3-4-2;;;;;;/h5H2,1-4H3;5H,4H2,1-3H3;3-4H2,1-2H3;6*1H4. The lowest BCUT2D eigenvalue weighted by Crippen LogP contribution is -2.00. The Labute approximate surface area is 144 Å². The molecule has 0 amide bonds. The van der Waals surface area contributed by atoms with E-state index in [4.69, 9.17) is 0 Å². The molecule has 0 aliphatic carbocycles. The highest BCUT2D eigenvalue weighted by Crippen LogP contribution is 2.16. The first-order valence-electron chi connectivity index (χ1n) is 6.74. The van der Waals surface area contributed by atoms with Crippen LogP contribution >= 0.6 is 0 Å². The van der Waals surface area contributed by atoms with Gasteiger partial charge in [0.05, 0.1) is 0 Å². The molecule has 0 saturated heterocycles. The lowest BCUT2D eigenvalue weighted by atomic mass is 9.94. The van der Waals surface area contributed by atoms with E-state index in [2.05, 4.69) is 62.3 Å². The van der Waals surface area contributed by atoms with Crippen LogP contribution in [0.3, 0.4) is 0 Å². The monoisotopic (exact) mass is 312 g/mol. The Morgan fingerprint density at radius 1 is 0.619 bits per heavy atom. The van der Waals surface area contributed by atoms with Gasteiger partial charge < -0.3 is 0 Å². The second-order valence-corrected chi connectivity index (χ2v) is 5.72. The van der Waals surface area contributed by atoms with Crippen LogP contribution in [0.25, 0.3) is 0 Å². The molecule has 0 saturated carbocycles. The third kappa shape index (κ3) is 180. The molecule has 0 aromatic carbocycles. The van der Waals surface area contributed by atoms with Crippen molar-refractivity contribution >= 4 is 0 Å². The second-order valence-electron chi connectivity index (χ2n) is 5.72. The normalized spacial score (nSPS) is 7.14. The van der Waals surface area contributed by atoms with Crippen molar-refractivity contribution in [2.75, 3.05) is 0 Å². The van der Waals surface area contributed by atoms with Crippen molar-refractivity contribution in [2.24, 2.45) is 11.3 Å². The van der Waals surface area contributed by atoms with Gasteiger partial charge in [0.15, 0.2) is 0 Å². The van der Waals surface area contributed by atoms with Gasteiger partial charge in [-0.05, 0) is 11.3 Å². The van der Waals surface area contributed by atoms with E-state index in [1.807, 2.05) is 0 Å². The molecule has 144 valence electrons. The summed E-state index contributed by atoms with van der Waals surface area (Å²) < 4.78 is 0. The Hall–Kier alpha value is 0. The van der Waals surface area contributed by atoms with E-state index in [-0.39, 0.29) is 44.6 Å². The zero-order valence-electron chi connectivity index (χ0n) is 12.9. The Morgan fingerprint density at radius 3 is 0.762 bits per heavy atom. The lowest BCUT2D eigenvalue weighted by Gasteiger charge is -2.12. The highest BCUT2D eigenvalue weighted by molar-refractivity contribution is 4.55. The fourth-order valence-electron chi connectivity index (χ4n) is 0. The maximum absolute atomic E-state index is 2.24. The number of hydrogen-bond acceptors (Lipinski definition) is 0. The molecule has 0 radical (unpaired) electrons. The van der Waals surface area contributed by atoms with Gasteiger partial charge in [-0.3, -0.25) is 0 Å². The van der Waals surface area contributed by atoms with Crippen molar-refractivity contribution < 1.29 is 0 Å². The van der Waals surface area contributed by atoms with Crippen LogP contribution in [0.4, 0.5) is 0 Å². The molecule has 0 bridgehead atoms. The molecular formula is C21H60. The quantitative estimate of drug-likeness (QED) is 0.475. The Kier molecular flexibility index (Phi) is 119. The van der Waals surface area contributed by atoms with Crippen LogP contribution in [0.5, 0.6) is 0 Å². The average molecular weight is 313 g/mol. The van der Waals surface area contributed by atoms with Crippen LogP contribution in [-0.2, 0) is 0 Å². The fourth-order valence-corrected chi connectivity index (χ4v) is 0. The van der Waals surface area contributed by atoms with Gasteiger partial charge in [0, 0.05) is 0 Å². The molecule has 0 atom stereocenters. The Balaban J connectivity index is -0.0000000130. The maximum Gasteiger partial charge on any atom is -0.0385 e. The van der Waals surface area contributed by atoms with E-state index in [0.717, 1.165) is 5.92 Å². The second kappa shape index (κ2) is 42.7. The molecule has 0 unspecified atom stereocenters. The highest BCUT2D eigenvalue weighted by Gasteiger charge is 2.03. The van der Waals surface area contributed by atoms with Crippen molar-refractivity contribution in [3.05, 3.63) is 0 Å². The smallest absolute Gasteiger partial charge is 0.0385 e. The third-order valence-electron chi connectivity index (χ3n) is 2.38. The molecule has 21 heavy (non-hydrogen) atoms. The van der Waals surface area contributed by atoms with Crippen LogP contribution in [0.15, 0.2) is 0 Å². The van der Waals surface area contributed by atoms with Gasteiger partial charge in [0.2, 0.25) is 0 Å². The number of rotatable bonds is 2. The molecule has 0 heterocycles. The highest BCUT2D eigenvalue weighted by atomic mass is 14.1. The van der Waals surface area contributed by atoms with Crippen molar-refractivity contribution in [1.82, 2.24) is 0 Å². The van der Waals surface area contributed by atoms with E-state index >= 15 is 0 Å². The molecule has 0 nitrogen and oxygen atoms in total. The lowest BCUT2D eigenvalue weighted by molar-refractivity contribution is 0.398. The summed E-state index contributed by atoms with van der Waals surface area (Å²) in [6.07, 6.45) is 5.22. The summed E-state index contributed by atoms with van der Waals surface area (Å²) in [4.78, 5) is 0. The Bertz CT molecular complexity index is 82.7. The van der Waals surface area contributed by atoms with Crippen LogP contribution < -0.4 is 0 Å². The van der Waals surface area contributed by atoms with Gasteiger partial charge in [-0.15, -0.1) is 0 Å². The first kappa shape index (κ1) is 58.3. The van der Waals surface area contributed by atoms with E-state index in [1.54, 1.807) is 0 Å². The van der Waals surface area contributed by atoms with E-state index in [9.17, 15) is 0 Å². The van der Waals surface area contributed by atoms with Gasteiger partial charge in [-0.2, -0.15) is 0 Å². The minimum Gasteiger partial charge on any atom is -0.0776 e. The molecule has 0 aliphatic rings. The van der Waals surface area contributed by atoms with E-state index < -0.39 is 0 Å². The predicted molar refractivity (Wildman–Crippen MR) is 116 cm³/mol. The van der Waals surface area contributed by atoms with Crippen molar-refractivity contribution in [2.45, 2.75) is 133 Å². The largest absolute Gasteiger partial charge is 0.0776 e. The molecule has 0 aromatic heterocycles. The molecule has 0 spiro atoms. The first-order valence-corrected chi connectivity index (χ1v) is 6.74. The predicted octanol–water partition coefficient (Wildman–Crippen LogP) is 10.1. The molecule has 0 aromatic rings. The van der Waals surface area contributed by atoms with Gasteiger partial charge >= 0.3 is 0 Å². The van der Waals surface area contributed by atoms with Crippen molar-refractivity contribution in [3.63, 3.8) is 0 Å². The topological polar surface area (TPSA) is 0 Å². The fraction of sp³-hybridized carbons (Fsp3) is 1.00.